The molecule has 1 heteroatoms. The molecule has 80 valence electrons. The highest BCUT2D eigenvalue weighted by Crippen LogP contribution is 2.32. The van der Waals surface area contributed by atoms with Gasteiger partial charge in [-0.25, -0.2) is 0 Å². The topological polar surface area (TPSA) is 23.9 Å². The van der Waals surface area contributed by atoms with Gasteiger partial charge in [-0.1, -0.05) is 31.8 Å². The fraction of sp³-hybridized carbons (Fsp3) is 0.769. The minimum atomic E-state index is 0.696. The SMILES string of the molecule is CCC(C)=C(C(C)=N)C1CCCCC1. The molecule has 1 N–H and O–H groups in total. The highest BCUT2D eigenvalue weighted by Gasteiger charge is 2.20. The monoisotopic (exact) mass is 193 g/mol. The van der Waals surface area contributed by atoms with Crippen molar-refractivity contribution in [3.8, 4) is 0 Å². The average Bonchev–Trinajstić information content (AvgIpc) is 2.19. The largest absolute Gasteiger partial charge is 0.305 e. The van der Waals surface area contributed by atoms with E-state index in [9.17, 15) is 0 Å². The summed E-state index contributed by atoms with van der Waals surface area (Å²) in [5, 5.41) is 7.86. The summed E-state index contributed by atoms with van der Waals surface area (Å²) in [7, 11) is 0. The summed E-state index contributed by atoms with van der Waals surface area (Å²) >= 11 is 0. The predicted molar refractivity (Wildman–Crippen MR) is 63.0 cm³/mol. The van der Waals surface area contributed by atoms with Crippen molar-refractivity contribution in [3.63, 3.8) is 0 Å². The Kier molecular flexibility index (Phi) is 4.37. The molecule has 0 aromatic carbocycles. The Hall–Kier alpha value is -0.590. The van der Waals surface area contributed by atoms with Gasteiger partial charge >= 0.3 is 0 Å². The van der Waals surface area contributed by atoms with E-state index in [1.165, 1.54) is 43.3 Å². The van der Waals surface area contributed by atoms with E-state index in [-0.39, 0.29) is 0 Å². The van der Waals surface area contributed by atoms with Crippen LogP contribution in [0, 0.1) is 11.3 Å². The second-order valence-corrected chi connectivity index (χ2v) is 4.51. The highest BCUT2D eigenvalue weighted by atomic mass is 14.4. The Balaban J connectivity index is 2.81. The van der Waals surface area contributed by atoms with Crippen LogP contribution < -0.4 is 0 Å². The Bertz CT molecular complexity index is 232. The van der Waals surface area contributed by atoms with Crippen molar-refractivity contribution < 1.29 is 0 Å². The maximum absolute atomic E-state index is 7.86. The molecule has 0 amide bonds. The van der Waals surface area contributed by atoms with Gasteiger partial charge in [0, 0.05) is 5.71 Å². The Morgan fingerprint density at radius 1 is 1.14 bits per heavy atom. The molecule has 14 heavy (non-hydrogen) atoms. The molecule has 0 bridgehead atoms. The zero-order chi connectivity index (χ0) is 10.6. The first kappa shape index (κ1) is 11.5. The third-order valence-electron chi connectivity index (χ3n) is 3.41. The molecule has 0 unspecified atom stereocenters. The van der Waals surface area contributed by atoms with Crippen LogP contribution in [-0.4, -0.2) is 5.71 Å². The molecule has 1 aliphatic rings. The standard InChI is InChI=1S/C13H23N/c1-4-10(2)13(11(3)14)12-8-6-5-7-9-12/h12,14H,4-9H2,1-3H3. The summed E-state index contributed by atoms with van der Waals surface area (Å²) in [6.07, 6.45) is 7.83. The smallest absolute Gasteiger partial charge is 0.0317 e. The van der Waals surface area contributed by atoms with Gasteiger partial charge in [0.1, 0.15) is 0 Å². The van der Waals surface area contributed by atoms with Gasteiger partial charge in [0.15, 0.2) is 0 Å². The van der Waals surface area contributed by atoms with E-state index in [4.69, 9.17) is 5.41 Å². The van der Waals surface area contributed by atoms with Gasteiger partial charge in [-0.05, 0) is 44.6 Å². The fourth-order valence-corrected chi connectivity index (χ4v) is 2.56. The van der Waals surface area contributed by atoms with Crippen molar-refractivity contribution in [2.45, 2.75) is 59.3 Å². The second-order valence-electron chi connectivity index (χ2n) is 4.51. The number of nitrogens with one attached hydrogen (secondary N) is 1. The molecule has 1 nitrogen and oxygen atoms in total. The Morgan fingerprint density at radius 2 is 1.71 bits per heavy atom. The van der Waals surface area contributed by atoms with E-state index in [0.29, 0.717) is 5.92 Å². The van der Waals surface area contributed by atoms with E-state index in [0.717, 1.165) is 12.1 Å². The van der Waals surface area contributed by atoms with E-state index in [1.54, 1.807) is 0 Å². The van der Waals surface area contributed by atoms with Crippen LogP contribution >= 0.6 is 0 Å². The third-order valence-corrected chi connectivity index (χ3v) is 3.41. The molecular formula is C13H23N. The van der Waals surface area contributed by atoms with E-state index in [1.807, 2.05) is 6.92 Å². The Morgan fingerprint density at radius 3 is 2.14 bits per heavy atom. The summed E-state index contributed by atoms with van der Waals surface area (Å²) in [6, 6.07) is 0. The van der Waals surface area contributed by atoms with Crippen LogP contribution in [0.15, 0.2) is 11.1 Å². The van der Waals surface area contributed by atoms with Crippen LogP contribution in [0.4, 0.5) is 0 Å². The number of hydrogen-bond donors (Lipinski definition) is 1. The number of rotatable bonds is 3. The van der Waals surface area contributed by atoms with Crippen molar-refractivity contribution in [2.75, 3.05) is 0 Å². The summed E-state index contributed by atoms with van der Waals surface area (Å²) in [5.74, 6) is 0.696. The summed E-state index contributed by atoms with van der Waals surface area (Å²) in [6.45, 7) is 6.34. The van der Waals surface area contributed by atoms with Crippen molar-refractivity contribution in [1.29, 1.82) is 5.41 Å². The van der Waals surface area contributed by atoms with Gasteiger partial charge in [-0.3, -0.25) is 0 Å². The molecule has 0 aromatic heterocycles. The average molecular weight is 193 g/mol. The first-order valence-corrected chi connectivity index (χ1v) is 5.92. The van der Waals surface area contributed by atoms with Gasteiger partial charge in [0.2, 0.25) is 0 Å². The maximum Gasteiger partial charge on any atom is 0.0317 e. The molecule has 0 radical (unpaired) electrons. The molecule has 0 aromatic rings. The minimum absolute atomic E-state index is 0.696. The lowest BCUT2D eigenvalue weighted by Crippen LogP contribution is -2.15. The fourth-order valence-electron chi connectivity index (χ4n) is 2.56. The lowest BCUT2D eigenvalue weighted by atomic mass is 9.80. The zero-order valence-electron chi connectivity index (χ0n) is 9.82. The Labute approximate surface area is 88.1 Å². The van der Waals surface area contributed by atoms with Gasteiger partial charge in [0.05, 0.1) is 0 Å². The van der Waals surface area contributed by atoms with Crippen LogP contribution in [0.25, 0.3) is 0 Å². The first-order valence-electron chi connectivity index (χ1n) is 5.92. The lowest BCUT2D eigenvalue weighted by molar-refractivity contribution is 0.408. The quantitative estimate of drug-likeness (QED) is 0.645. The van der Waals surface area contributed by atoms with Crippen LogP contribution in [0.3, 0.4) is 0 Å². The van der Waals surface area contributed by atoms with E-state index < -0.39 is 0 Å². The third kappa shape index (κ3) is 2.70. The second kappa shape index (κ2) is 5.33. The molecule has 1 rings (SSSR count). The van der Waals surface area contributed by atoms with E-state index in [2.05, 4.69) is 13.8 Å². The molecule has 0 spiro atoms. The minimum Gasteiger partial charge on any atom is -0.305 e. The molecule has 0 heterocycles. The van der Waals surface area contributed by atoms with Crippen molar-refractivity contribution in [3.05, 3.63) is 11.1 Å². The van der Waals surface area contributed by atoms with Crippen molar-refractivity contribution >= 4 is 5.71 Å². The molecular weight excluding hydrogens is 170 g/mol. The van der Waals surface area contributed by atoms with Crippen LogP contribution in [0.1, 0.15) is 59.3 Å². The van der Waals surface area contributed by atoms with E-state index >= 15 is 0 Å². The van der Waals surface area contributed by atoms with Gasteiger partial charge < -0.3 is 5.41 Å². The predicted octanol–water partition coefficient (Wildman–Crippen LogP) is 4.33. The maximum atomic E-state index is 7.86. The highest BCUT2D eigenvalue weighted by molar-refractivity contribution is 5.96. The van der Waals surface area contributed by atoms with Crippen LogP contribution in [-0.2, 0) is 0 Å². The molecule has 1 aliphatic carbocycles. The van der Waals surface area contributed by atoms with Crippen LogP contribution in [0.2, 0.25) is 0 Å². The number of allylic oxidation sites excluding steroid dienone is 2. The van der Waals surface area contributed by atoms with Gasteiger partial charge in [-0.2, -0.15) is 0 Å². The normalized spacial score (nSPS) is 20.5. The van der Waals surface area contributed by atoms with Gasteiger partial charge in [-0.15, -0.1) is 0 Å². The van der Waals surface area contributed by atoms with Gasteiger partial charge in [0.25, 0.3) is 0 Å². The first-order chi connectivity index (χ1) is 6.66. The van der Waals surface area contributed by atoms with Crippen LogP contribution in [0.5, 0.6) is 0 Å². The van der Waals surface area contributed by atoms with Crippen molar-refractivity contribution in [1.82, 2.24) is 0 Å². The molecule has 1 fully saturated rings. The summed E-state index contributed by atoms with van der Waals surface area (Å²) in [4.78, 5) is 0. The molecule has 0 atom stereocenters. The zero-order valence-corrected chi connectivity index (χ0v) is 9.82. The van der Waals surface area contributed by atoms with Crippen molar-refractivity contribution in [2.24, 2.45) is 5.92 Å². The summed E-state index contributed by atoms with van der Waals surface area (Å²) in [5.41, 5.74) is 3.60. The molecule has 1 saturated carbocycles. The molecule has 0 saturated heterocycles. The molecule has 0 aliphatic heterocycles. The summed E-state index contributed by atoms with van der Waals surface area (Å²) < 4.78 is 0. The lowest BCUT2D eigenvalue weighted by Gasteiger charge is -2.26. The number of hydrogen-bond acceptors (Lipinski definition) is 1.